The Morgan fingerprint density at radius 2 is 2.39 bits per heavy atom. The van der Waals surface area contributed by atoms with Crippen molar-refractivity contribution >= 4 is 23.1 Å². The Kier molecular flexibility index (Phi) is 5.08. The van der Waals surface area contributed by atoms with E-state index >= 15 is 0 Å². The first-order valence-electron chi connectivity index (χ1n) is 5.68. The van der Waals surface area contributed by atoms with E-state index in [2.05, 4.69) is 10.1 Å². The largest absolute Gasteiger partial charge is 0.409 e. The maximum atomic E-state index is 12.2. The molecule has 0 spiro atoms. The first kappa shape index (κ1) is 14.4. The van der Waals surface area contributed by atoms with Gasteiger partial charge < -0.3 is 15.8 Å². The number of carbonyl (C=O) groups is 1. The van der Waals surface area contributed by atoms with Gasteiger partial charge in [-0.25, -0.2) is 4.98 Å². The number of hydrogen-bond donors (Lipinski definition) is 2. The molecule has 100 valence electrons. The summed E-state index contributed by atoms with van der Waals surface area (Å²) in [4.78, 5) is 18.0. The van der Waals surface area contributed by atoms with Crippen molar-refractivity contribution in [3.63, 3.8) is 0 Å². The van der Waals surface area contributed by atoms with Crippen molar-refractivity contribution < 1.29 is 10.0 Å². The van der Waals surface area contributed by atoms with Gasteiger partial charge in [-0.15, -0.1) is 11.3 Å². The van der Waals surface area contributed by atoms with E-state index in [1.807, 2.05) is 13.8 Å². The average Bonchev–Trinajstić information content (AvgIpc) is 2.80. The van der Waals surface area contributed by atoms with Crippen molar-refractivity contribution in [1.82, 2.24) is 9.88 Å². The van der Waals surface area contributed by atoms with E-state index in [1.54, 1.807) is 17.2 Å². The molecule has 1 aromatic rings. The summed E-state index contributed by atoms with van der Waals surface area (Å²) in [5.41, 5.74) is 5.96. The van der Waals surface area contributed by atoms with Gasteiger partial charge in [-0.1, -0.05) is 12.1 Å². The molecule has 1 atom stereocenters. The SMILES string of the molecule is CCN(CC(C)C(N)=NO)C(=O)c1csc(C)n1. The second-order valence-electron chi connectivity index (χ2n) is 4.02. The zero-order valence-electron chi connectivity index (χ0n) is 10.8. The van der Waals surface area contributed by atoms with Crippen LogP contribution in [-0.2, 0) is 0 Å². The number of aromatic nitrogens is 1. The quantitative estimate of drug-likeness (QED) is 0.365. The molecular weight excluding hydrogens is 252 g/mol. The van der Waals surface area contributed by atoms with Gasteiger partial charge in [0.15, 0.2) is 0 Å². The highest BCUT2D eigenvalue weighted by Crippen LogP contribution is 2.12. The Bertz CT molecular complexity index is 444. The van der Waals surface area contributed by atoms with Gasteiger partial charge in [0.05, 0.1) is 5.01 Å². The van der Waals surface area contributed by atoms with Crippen LogP contribution in [0.25, 0.3) is 0 Å². The lowest BCUT2D eigenvalue weighted by Crippen LogP contribution is -2.38. The van der Waals surface area contributed by atoms with Crippen LogP contribution in [0.4, 0.5) is 0 Å². The molecule has 3 N–H and O–H groups in total. The molecule has 1 rings (SSSR count). The molecule has 1 unspecified atom stereocenters. The zero-order valence-corrected chi connectivity index (χ0v) is 11.6. The Hall–Kier alpha value is -1.63. The van der Waals surface area contributed by atoms with Gasteiger partial charge in [0.25, 0.3) is 5.91 Å². The molecule has 0 aliphatic heterocycles. The number of hydrogen-bond acceptors (Lipinski definition) is 5. The molecule has 0 radical (unpaired) electrons. The number of amides is 1. The number of aryl methyl sites for hydroxylation is 1. The molecule has 0 aliphatic carbocycles. The fourth-order valence-electron chi connectivity index (χ4n) is 1.50. The van der Waals surface area contributed by atoms with Crippen molar-refractivity contribution in [2.45, 2.75) is 20.8 Å². The molecule has 1 amide bonds. The molecule has 18 heavy (non-hydrogen) atoms. The van der Waals surface area contributed by atoms with Gasteiger partial charge >= 0.3 is 0 Å². The number of nitrogens with two attached hydrogens (primary N) is 1. The summed E-state index contributed by atoms with van der Waals surface area (Å²) in [6.07, 6.45) is 0. The smallest absolute Gasteiger partial charge is 0.273 e. The van der Waals surface area contributed by atoms with E-state index in [1.165, 1.54) is 11.3 Å². The maximum Gasteiger partial charge on any atom is 0.273 e. The van der Waals surface area contributed by atoms with Crippen LogP contribution in [0.15, 0.2) is 10.5 Å². The van der Waals surface area contributed by atoms with E-state index in [0.717, 1.165) is 5.01 Å². The number of carbonyl (C=O) groups excluding carboxylic acids is 1. The highest BCUT2D eigenvalue weighted by atomic mass is 32.1. The molecule has 0 aliphatic rings. The van der Waals surface area contributed by atoms with Crippen LogP contribution in [0.2, 0.25) is 0 Å². The van der Waals surface area contributed by atoms with Gasteiger partial charge in [0.2, 0.25) is 0 Å². The minimum Gasteiger partial charge on any atom is -0.409 e. The van der Waals surface area contributed by atoms with Gasteiger partial charge in [-0.05, 0) is 13.8 Å². The van der Waals surface area contributed by atoms with Gasteiger partial charge in [-0.3, -0.25) is 4.79 Å². The summed E-state index contributed by atoms with van der Waals surface area (Å²) >= 11 is 1.44. The first-order chi connectivity index (χ1) is 8.49. The second kappa shape index (κ2) is 6.34. The molecule has 0 fully saturated rings. The summed E-state index contributed by atoms with van der Waals surface area (Å²) in [6, 6.07) is 0. The number of nitrogens with zero attached hydrogens (tertiary/aromatic N) is 3. The molecule has 0 saturated heterocycles. The maximum absolute atomic E-state index is 12.2. The fraction of sp³-hybridized carbons (Fsp3) is 0.545. The van der Waals surface area contributed by atoms with Crippen LogP contribution in [0.1, 0.15) is 29.3 Å². The second-order valence-corrected chi connectivity index (χ2v) is 5.08. The van der Waals surface area contributed by atoms with Crippen molar-refractivity contribution in [1.29, 1.82) is 0 Å². The minimum absolute atomic E-state index is 0.121. The normalized spacial score (nSPS) is 13.4. The van der Waals surface area contributed by atoms with E-state index < -0.39 is 0 Å². The van der Waals surface area contributed by atoms with E-state index in [4.69, 9.17) is 10.9 Å². The Morgan fingerprint density at radius 3 is 2.83 bits per heavy atom. The number of oxime groups is 1. The van der Waals surface area contributed by atoms with Crippen LogP contribution >= 0.6 is 11.3 Å². The standard InChI is InChI=1S/C11H18N4O2S/c1-4-15(5-7(2)10(12)14-17)11(16)9-6-18-8(3)13-9/h6-7,17H,4-5H2,1-3H3,(H2,12,14). The van der Waals surface area contributed by atoms with Crippen molar-refractivity contribution in [2.24, 2.45) is 16.8 Å². The predicted molar refractivity (Wildman–Crippen MR) is 71.0 cm³/mol. The van der Waals surface area contributed by atoms with E-state index in [-0.39, 0.29) is 17.7 Å². The van der Waals surface area contributed by atoms with Gasteiger partial charge in [0, 0.05) is 24.4 Å². The number of amidine groups is 1. The highest BCUT2D eigenvalue weighted by molar-refractivity contribution is 7.09. The molecule has 0 aromatic carbocycles. The van der Waals surface area contributed by atoms with Crippen LogP contribution in [0.3, 0.4) is 0 Å². The van der Waals surface area contributed by atoms with Crippen LogP contribution < -0.4 is 5.73 Å². The Balaban J connectivity index is 2.75. The average molecular weight is 270 g/mol. The van der Waals surface area contributed by atoms with Gasteiger partial charge in [-0.2, -0.15) is 0 Å². The fourth-order valence-corrected chi connectivity index (χ4v) is 2.09. The Labute approximate surface area is 110 Å². The zero-order chi connectivity index (χ0) is 13.7. The highest BCUT2D eigenvalue weighted by Gasteiger charge is 2.20. The van der Waals surface area contributed by atoms with Crippen LogP contribution in [-0.4, -0.2) is 39.9 Å². The molecule has 1 aromatic heterocycles. The molecule has 1 heterocycles. The van der Waals surface area contributed by atoms with E-state index in [0.29, 0.717) is 18.8 Å². The summed E-state index contributed by atoms with van der Waals surface area (Å²) in [6.45, 7) is 6.50. The van der Waals surface area contributed by atoms with Crippen LogP contribution in [0.5, 0.6) is 0 Å². The summed E-state index contributed by atoms with van der Waals surface area (Å²) in [5.74, 6) is -0.200. The first-order valence-corrected chi connectivity index (χ1v) is 6.56. The lowest BCUT2D eigenvalue weighted by atomic mass is 10.1. The third kappa shape index (κ3) is 3.43. The molecule has 0 saturated carbocycles. The third-order valence-electron chi connectivity index (χ3n) is 2.62. The molecule has 6 nitrogen and oxygen atoms in total. The minimum atomic E-state index is -0.196. The third-order valence-corrected chi connectivity index (χ3v) is 3.40. The monoisotopic (exact) mass is 270 g/mol. The number of thiazole rings is 1. The molecule has 7 heteroatoms. The molecular formula is C11H18N4O2S. The van der Waals surface area contributed by atoms with Gasteiger partial charge in [0.1, 0.15) is 11.5 Å². The van der Waals surface area contributed by atoms with Crippen molar-refractivity contribution in [3.05, 3.63) is 16.1 Å². The predicted octanol–water partition coefficient (Wildman–Crippen LogP) is 1.30. The van der Waals surface area contributed by atoms with Crippen molar-refractivity contribution in [3.8, 4) is 0 Å². The number of rotatable bonds is 5. The van der Waals surface area contributed by atoms with E-state index in [9.17, 15) is 4.79 Å². The summed E-state index contributed by atoms with van der Waals surface area (Å²) in [7, 11) is 0. The lowest BCUT2D eigenvalue weighted by molar-refractivity contribution is 0.0748. The van der Waals surface area contributed by atoms with Crippen LogP contribution in [0, 0.1) is 12.8 Å². The van der Waals surface area contributed by atoms with Crippen molar-refractivity contribution in [2.75, 3.05) is 13.1 Å². The summed E-state index contributed by atoms with van der Waals surface area (Å²) in [5, 5.41) is 14.2. The Morgan fingerprint density at radius 1 is 1.72 bits per heavy atom. The lowest BCUT2D eigenvalue weighted by Gasteiger charge is -2.23. The topological polar surface area (TPSA) is 91.8 Å². The summed E-state index contributed by atoms with van der Waals surface area (Å²) < 4.78 is 0. The molecule has 0 bridgehead atoms.